The third kappa shape index (κ3) is 4.10. The predicted molar refractivity (Wildman–Crippen MR) is 135 cm³/mol. The number of aliphatic hydroxyl groups excluding tert-OH is 2. The van der Waals surface area contributed by atoms with Gasteiger partial charge in [-0.15, -0.1) is 0 Å². The molecule has 6 heterocycles. The highest BCUT2D eigenvalue weighted by Crippen LogP contribution is 2.45. The zero-order valence-electron chi connectivity index (χ0n) is 20.5. The monoisotopic (exact) mass is 514 g/mol. The second-order valence-electron chi connectivity index (χ2n) is 10.5. The summed E-state index contributed by atoms with van der Waals surface area (Å²) >= 11 is 1.47. The van der Waals surface area contributed by atoms with Gasteiger partial charge in [0.2, 0.25) is 0 Å². The highest BCUT2D eigenvalue weighted by molar-refractivity contribution is 7.99. The molecule has 0 aliphatic carbocycles. The summed E-state index contributed by atoms with van der Waals surface area (Å²) in [7, 11) is 0. The Morgan fingerprint density at radius 2 is 2.06 bits per heavy atom. The lowest BCUT2D eigenvalue weighted by Gasteiger charge is -2.41. The Bertz CT molecular complexity index is 1110. The molecule has 36 heavy (non-hydrogen) atoms. The number of ether oxygens (including phenoxy) is 2. The van der Waals surface area contributed by atoms with Gasteiger partial charge in [-0.2, -0.15) is 0 Å². The van der Waals surface area contributed by atoms with Crippen LogP contribution < -0.4 is 20.3 Å². The van der Waals surface area contributed by atoms with E-state index >= 15 is 0 Å². The van der Waals surface area contributed by atoms with Crippen LogP contribution in [0, 0.1) is 11.3 Å². The molecule has 0 radical (unpaired) electrons. The molecule has 4 atom stereocenters. The first-order valence-corrected chi connectivity index (χ1v) is 13.6. The zero-order chi connectivity index (χ0) is 24.9. The molecule has 3 fully saturated rings. The van der Waals surface area contributed by atoms with Crippen molar-refractivity contribution < 1.29 is 19.7 Å². The fraction of sp³-hybridized carbons (Fsp3) is 0.640. The first-order chi connectivity index (χ1) is 17.5. The third-order valence-electron chi connectivity index (χ3n) is 8.37. The SMILES string of the molecule is CC1OCC2(CCN(c3ncc(Sc4ccnc5c4OCC4CC(CO)CN54)nc3CO)CC2)C1N. The number of hydrogen-bond acceptors (Lipinski definition) is 11. The summed E-state index contributed by atoms with van der Waals surface area (Å²) < 4.78 is 12.0. The molecule has 2 aromatic rings. The second kappa shape index (κ2) is 9.60. The second-order valence-corrected chi connectivity index (χ2v) is 11.6. The minimum Gasteiger partial charge on any atom is -0.486 e. The summed E-state index contributed by atoms with van der Waals surface area (Å²) in [4.78, 5) is 19.4. The van der Waals surface area contributed by atoms with Crippen molar-refractivity contribution >= 4 is 23.4 Å². The molecule has 4 aliphatic rings. The van der Waals surface area contributed by atoms with Crippen molar-refractivity contribution in [2.24, 2.45) is 17.1 Å². The number of piperidine rings is 1. The van der Waals surface area contributed by atoms with Crippen molar-refractivity contribution in [1.82, 2.24) is 15.0 Å². The minimum atomic E-state index is -0.180. The van der Waals surface area contributed by atoms with Crippen LogP contribution in [-0.4, -0.2) is 82.8 Å². The number of anilines is 2. The van der Waals surface area contributed by atoms with Gasteiger partial charge >= 0.3 is 0 Å². The summed E-state index contributed by atoms with van der Waals surface area (Å²) in [6, 6.07) is 2.23. The van der Waals surface area contributed by atoms with Crippen LogP contribution in [0.15, 0.2) is 28.4 Å². The Morgan fingerprint density at radius 3 is 2.78 bits per heavy atom. The first kappa shape index (κ1) is 24.2. The lowest BCUT2D eigenvalue weighted by atomic mass is 9.73. The summed E-state index contributed by atoms with van der Waals surface area (Å²) in [5.74, 6) is 2.56. The minimum absolute atomic E-state index is 0.0322. The van der Waals surface area contributed by atoms with Crippen LogP contribution >= 0.6 is 11.8 Å². The summed E-state index contributed by atoms with van der Waals surface area (Å²) in [6.45, 7) is 5.77. The number of aromatic nitrogens is 3. The van der Waals surface area contributed by atoms with Gasteiger partial charge in [0.25, 0.3) is 0 Å². The molecule has 11 heteroatoms. The van der Waals surface area contributed by atoms with Gasteiger partial charge in [-0.25, -0.2) is 15.0 Å². The van der Waals surface area contributed by atoms with E-state index in [1.165, 1.54) is 11.8 Å². The van der Waals surface area contributed by atoms with Crippen molar-refractivity contribution in [1.29, 1.82) is 0 Å². The number of nitrogens with two attached hydrogens (primary N) is 1. The maximum atomic E-state index is 10.1. The number of pyridine rings is 1. The van der Waals surface area contributed by atoms with Crippen molar-refractivity contribution in [3.63, 3.8) is 0 Å². The summed E-state index contributed by atoms with van der Waals surface area (Å²) in [5.41, 5.74) is 7.08. The molecule has 0 amide bonds. The average Bonchev–Trinajstić information content (AvgIpc) is 3.46. The van der Waals surface area contributed by atoms with Crippen LogP contribution in [0.25, 0.3) is 0 Å². The molecule has 2 aromatic heterocycles. The van der Waals surface area contributed by atoms with Crippen LogP contribution in [0.5, 0.6) is 5.75 Å². The van der Waals surface area contributed by atoms with E-state index in [1.54, 1.807) is 12.4 Å². The van der Waals surface area contributed by atoms with E-state index in [4.69, 9.17) is 25.2 Å². The Labute approximate surface area is 215 Å². The summed E-state index contributed by atoms with van der Waals surface area (Å²) in [5, 5.41) is 20.4. The number of rotatable bonds is 5. The van der Waals surface area contributed by atoms with Gasteiger partial charge in [-0.1, -0.05) is 11.8 Å². The van der Waals surface area contributed by atoms with Gasteiger partial charge in [0.05, 0.1) is 36.5 Å². The van der Waals surface area contributed by atoms with E-state index in [0.717, 1.165) is 61.2 Å². The molecule has 0 bridgehead atoms. The van der Waals surface area contributed by atoms with Crippen LogP contribution in [0.3, 0.4) is 0 Å². The zero-order valence-corrected chi connectivity index (χ0v) is 21.4. The highest BCUT2D eigenvalue weighted by Gasteiger charge is 2.47. The number of nitrogens with zero attached hydrogens (tertiary/aromatic N) is 5. The Hall–Kier alpha value is -2.18. The van der Waals surface area contributed by atoms with E-state index in [0.29, 0.717) is 23.9 Å². The normalized spacial score (nSPS) is 28.8. The molecule has 0 aromatic carbocycles. The molecule has 4 N–H and O–H groups in total. The molecule has 3 saturated heterocycles. The van der Waals surface area contributed by atoms with Crippen LogP contribution in [-0.2, 0) is 11.3 Å². The molecule has 4 unspecified atom stereocenters. The van der Waals surface area contributed by atoms with Crippen LogP contribution in [0.2, 0.25) is 0 Å². The maximum Gasteiger partial charge on any atom is 0.175 e. The predicted octanol–water partition coefficient (Wildman–Crippen LogP) is 1.43. The maximum absolute atomic E-state index is 10.1. The molecule has 4 aliphatic heterocycles. The van der Waals surface area contributed by atoms with Crippen molar-refractivity contribution in [2.45, 2.75) is 60.9 Å². The highest BCUT2D eigenvalue weighted by atomic mass is 32.2. The standard InChI is InChI=1S/C25H34N6O4S/c1-15-22(26)25(14-35-15)3-6-30(7-4-25)23-18(12-33)29-20(9-28-23)36-19-2-5-27-24-21(19)34-13-17-8-16(11-32)10-31(17)24/h2,5,9,15-17,22,32-33H,3-4,6-8,10-14,26H2,1H3. The Morgan fingerprint density at radius 1 is 1.22 bits per heavy atom. The molecule has 10 nitrogen and oxygen atoms in total. The van der Waals surface area contributed by atoms with Crippen molar-refractivity contribution in [2.75, 3.05) is 49.3 Å². The molecule has 1 spiro atoms. The smallest absolute Gasteiger partial charge is 0.175 e. The number of hydrogen-bond donors (Lipinski definition) is 3. The first-order valence-electron chi connectivity index (χ1n) is 12.8. The molecule has 0 saturated carbocycles. The van der Waals surface area contributed by atoms with Gasteiger partial charge in [-0.05, 0) is 32.3 Å². The van der Waals surface area contributed by atoms with E-state index < -0.39 is 0 Å². The fourth-order valence-electron chi connectivity index (χ4n) is 6.16. The lowest BCUT2D eigenvalue weighted by molar-refractivity contribution is 0.0973. The third-order valence-corrected chi connectivity index (χ3v) is 9.32. The van der Waals surface area contributed by atoms with E-state index in [2.05, 4.69) is 21.7 Å². The van der Waals surface area contributed by atoms with Crippen molar-refractivity contribution in [3.05, 3.63) is 24.2 Å². The number of aliphatic hydroxyl groups is 2. The van der Waals surface area contributed by atoms with Gasteiger partial charge in [0, 0.05) is 49.8 Å². The fourth-order valence-corrected chi connectivity index (χ4v) is 7.01. The van der Waals surface area contributed by atoms with Crippen LogP contribution in [0.4, 0.5) is 11.6 Å². The molecular weight excluding hydrogens is 480 g/mol. The van der Waals surface area contributed by atoms with Crippen molar-refractivity contribution in [3.8, 4) is 5.75 Å². The number of fused-ring (bicyclic) bond motifs is 3. The Kier molecular flexibility index (Phi) is 6.45. The van der Waals surface area contributed by atoms with Gasteiger partial charge < -0.3 is 35.2 Å². The van der Waals surface area contributed by atoms with Crippen LogP contribution in [0.1, 0.15) is 31.9 Å². The van der Waals surface area contributed by atoms with E-state index in [-0.39, 0.29) is 42.7 Å². The topological polar surface area (TPSA) is 130 Å². The summed E-state index contributed by atoms with van der Waals surface area (Å²) in [6.07, 6.45) is 6.45. The van der Waals surface area contributed by atoms with Gasteiger partial charge in [-0.3, -0.25) is 0 Å². The van der Waals surface area contributed by atoms with E-state index in [1.807, 2.05) is 6.07 Å². The lowest BCUT2D eigenvalue weighted by Crippen LogP contribution is -2.51. The average molecular weight is 515 g/mol. The molecule has 6 rings (SSSR count). The van der Waals surface area contributed by atoms with Gasteiger partial charge in [0.1, 0.15) is 17.3 Å². The quantitative estimate of drug-likeness (QED) is 0.536. The molecular formula is C25H34N6O4S. The largest absolute Gasteiger partial charge is 0.486 e. The Balaban J connectivity index is 1.19. The molecule has 194 valence electrons. The van der Waals surface area contributed by atoms with E-state index in [9.17, 15) is 10.2 Å². The van der Waals surface area contributed by atoms with Gasteiger partial charge in [0.15, 0.2) is 17.4 Å².